The maximum Gasteiger partial charge on any atom is 0.303 e. The number of phenols is 1. The molecule has 1 aromatic heterocycles. The average molecular weight is 485 g/mol. The molecule has 0 saturated carbocycles. The molecule has 1 amide bonds. The van der Waals surface area contributed by atoms with Crippen LogP contribution in [0.1, 0.15) is 61.5 Å². The molecule has 0 aliphatic heterocycles. The van der Waals surface area contributed by atoms with Crippen LogP contribution in [0.25, 0.3) is 10.9 Å². The van der Waals surface area contributed by atoms with Gasteiger partial charge in [0, 0.05) is 41.6 Å². The number of hydrogen-bond donors (Lipinski definition) is 2. The summed E-state index contributed by atoms with van der Waals surface area (Å²) in [4.78, 5) is 38.3. The van der Waals surface area contributed by atoms with Crippen LogP contribution in [-0.4, -0.2) is 39.1 Å². The van der Waals surface area contributed by atoms with Crippen LogP contribution >= 0.6 is 11.6 Å². The van der Waals surface area contributed by atoms with Gasteiger partial charge in [-0.1, -0.05) is 30.9 Å². The lowest BCUT2D eigenvalue weighted by molar-refractivity contribution is -0.137. The average Bonchev–Trinajstić information content (AvgIpc) is 3.06. The molecular weight excluding hydrogens is 456 g/mol. The Hall–Kier alpha value is -3.32. The van der Waals surface area contributed by atoms with E-state index in [1.54, 1.807) is 52.8 Å². The summed E-state index contributed by atoms with van der Waals surface area (Å²) in [5, 5.41) is 20.0. The highest BCUT2D eigenvalue weighted by atomic mass is 35.5. The van der Waals surface area contributed by atoms with Crippen molar-refractivity contribution in [2.45, 2.75) is 52.4 Å². The molecule has 0 unspecified atom stereocenters. The number of carboxylic acids is 1. The molecule has 2 N–H and O–H groups in total. The molecule has 180 valence electrons. The van der Waals surface area contributed by atoms with Gasteiger partial charge < -0.3 is 15.1 Å². The Bertz CT molecular complexity index is 1200. The standard InChI is InChI=1S/C26H29ClN2O5/c1-17-25(28(18(2)30)15-7-5-3-4-6-8-24(32)33)22-16-21(31)13-14-23(22)29(17)26(34)19-9-11-20(27)12-10-19/h9-14,16,31H,3-8,15H2,1-2H3,(H,32,33). The maximum atomic E-state index is 13.4. The number of nitrogens with zero attached hydrogens (tertiary/aromatic N) is 2. The molecule has 0 saturated heterocycles. The highest BCUT2D eigenvalue weighted by molar-refractivity contribution is 6.30. The Kier molecular flexibility index (Phi) is 8.34. The number of carboxylic acid groups (broad SMARTS) is 1. The number of carbonyl (C=O) groups excluding carboxylic acids is 2. The fourth-order valence-corrected chi connectivity index (χ4v) is 4.34. The van der Waals surface area contributed by atoms with E-state index in [4.69, 9.17) is 16.7 Å². The number of hydrogen-bond acceptors (Lipinski definition) is 4. The quantitative estimate of drug-likeness (QED) is 0.355. The first-order valence-electron chi connectivity index (χ1n) is 11.3. The van der Waals surface area contributed by atoms with E-state index in [1.165, 1.54) is 13.0 Å². The van der Waals surface area contributed by atoms with Gasteiger partial charge in [0.2, 0.25) is 5.91 Å². The normalized spacial score (nSPS) is 11.0. The number of amides is 1. The summed E-state index contributed by atoms with van der Waals surface area (Å²) in [7, 11) is 0. The minimum Gasteiger partial charge on any atom is -0.508 e. The topological polar surface area (TPSA) is 99.8 Å². The number of carbonyl (C=O) groups is 3. The number of unbranched alkanes of at least 4 members (excludes halogenated alkanes) is 4. The lowest BCUT2D eigenvalue weighted by Gasteiger charge is -2.22. The number of phenolic OH excluding ortho intramolecular Hbond substituents is 1. The van der Waals surface area contributed by atoms with Crippen molar-refractivity contribution in [2.24, 2.45) is 0 Å². The van der Waals surface area contributed by atoms with Gasteiger partial charge in [-0.05, 0) is 62.2 Å². The van der Waals surface area contributed by atoms with E-state index in [1.807, 2.05) is 0 Å². The maximum absolute atomic E-state index is 13.4. The molecule has 3 rings (SSSR count). The number of rotatable bonds is 10. The molecule has 0 bridgehead atoms. The van der Waals surface area contributed by atoms with Crippen LogP contribution < -0.4 is 4.90 Å². The zero-order valence-electron chi connectivity index (χ0n) is 19.4. The second-order valence-corrected chi connectivity index (χ2v) is 8.80. The van der Waals surface area contributed by atoms with Gasteiger partial charge in [0.25, 0.3) is 5.91 Å². The van der Waals surface area contributed by atoms with Gasteiger partial charge >= 0.3 is 5.97 Å². The zero-order chi connectivity index (χ0) is 24.8. The van der Waals surface area contributed by atoms with Crippen molar-refractivity contribution in [1.82, 2.24) is 4.57 Å². The minimum absolute atomic E-state index is 0.0479. The monoisotopic (exact) mass is 484 g/mol. The third-order valence-corrected chi connectivity index (χ3v) is 6.12. The number of anilines is 1. The summed E-state index contributed by atoms with van der Waals surface area (Å²) in [6.07, 6.45) is 4.12. The van der Waals surface area contributed by atoms with Crippen molar-refractivity contribution in [1.29, 1.82) is 0 Å². The second kappa shape index (κ2) is 11.2. The first-order chi connectivity index (χ1) is 16.2. The number of fused-ring (bicyclic) bond motifs is 1. The largest absolute Gasteiger partial charge is 0.508 e. The first kappa shape index (κ1) is 25.3. The van der Waals surface area contributed by atoms with Gasteiger partial charge in [0.05, 0.1) is 11.2 Å². The molecule has 7 nitrogen and oxygen atoms in total. The molecule has 3 aromatic rings. The number of aromatic hydroxyl groups is 1. The fourth-order valence-electron chi connectivity index (χ4n) is 4.22. The van der Waals surface area contributed by atoms with Gasteiger partial charge in [-0.3, -0.25) is 19.0 Å². The summed E-state index contributed by atoms with van der Waals surface area (Å²) in [6.45, 7) is 3.74. The third-order valence-electron chi connectivity index (χ3n) is 5.87. The van der Waals surface area contributed by atoms with E-state index in [9.17, 15) is 19.5 Å². The van der Waals surface area contributed by atoms with Crippen molar-refractivity contribution in [2.75, 3.05) is 11.4 Å². The summed E-state index contributed by atoms with van der Waals surface area (Å²) in [5.41, 5.74) is 2.27. The third kappa shape index (κ3) is 5.78. The predicted molar refractivity (Wildman–Crippen MR) is 133 cm³/mol. The summed E-state index contributed by atoms with van der Waals surface area (Å²) >= 11 is 5.97. The van der Waals surface area contributed by atoms with Gasteiger partial charge in [-0.15, -0.1) is 0 Å². The van der Waals surface area contributed by atoms with Crippen LogP contribution in [-0.2, 0) is 9.59 Å². The Balaban J connectivity index is 1.90. The highest BCUT2D eigenvalue weighted by Gasteiger charge is 2.25. The van der Waals surface area contributed by atoms with Crippen LogP contribution in [0.4, 0.5) is 5.69 Å². The van der Waals surface area contributed by atoms with E-state index >= 15 is 0 Å². The number of aliphatic carboxylic acids is 1. The van der Waals surface area contributed by atoms with E-state index in [-0.39, 0.29) is 24.0 Å². The Labute approximate surface area is 203 Å². The minimum atomic E-state index is -0.786. The molecule has 0 aliphatic rings. The summed E-state index contributed by atoms with van der Waals surface area (Å²) in [6, 6.07) is 11.4. The molecule has 0 aliphatic carbocycles. The van der Waals surface area contributed by atoms with Crippen LogP contribution in [0.3, 0.4) is 0 Å². The van der Waals surface area contributed by atoms with Crippen molar-refractivity contribution >= 4 is 46.0 Å². The van der Waals surface area contributed by atoms with Crippen molar-refractivity contribution in [3.63, 3.8) is 0 Å². The SMILES string of the molecule is CC(=O)N(CCCCCCCC(=O)O)c1c(C)n(C(=O)c2ccc(Cl)cc2)c2ccc(O)cc12. The van der Waals surface area contributed by atoms with Gasteiger partial charge in [0.1, 0.15) is 5.75 Å². The van der Waals surface area contributed by atoms with E-state index in [2.05, 4.69) is 0 Å². The lowest BCUT2D eigenvalue weighted by Crippen LogP contribution is -2.30. The van der Waals surface area contributed by atoms with E-state index < -0.39 is 5.97 Å². The Morgan fingerprint density at radius 3 is 2.26 bits per heavy atom. The Morgan fingerprint density at radius 2 is 1.62 bits per heavy atom. The number of benzene rings is 2. The van der Waals surface area contributed by atoms with Crippen LogP contribution in [0.2, 0.25) is 5.02 Å². The van der Waals surface area contributed by atoms with Crippen molar-refractivity contribution in [3.05, 3.63) is 58.7 Å². The second-order valence-electron chi connectivity index (χ2n) is 8.37. The summed E-state index contributed by atoms with van der Waals surface area (Å²) < 4.78 is 1.56. The van der Waals surface area contributed by atoms with Crippen LogP contribution in [0.5, 0.6) is 5.75 Å². The number of aromatic nitrogens is 1. The molecule has 34 heavy (non-hydrogen) atoms. The number of halogens is 1. The Morgan fingerprint density at radius 1 is 0.971 bits per heavy atom. The molecule has 0 spiro atoms. The first-order valence-corrected chi connectivity index (χ1v) is 11.7. The van der Waals surface area contributed by atoms with E-state index in [0.29, 0.717) is 45.8 Å². The molecular formula is C26H29ClN2O5. The fraction of sp³-hybridized carbons (Fsp3) is 0.346. The molecule has 2 aromatic carbocycles. The van der Waals surface area contributed by atoms with Gasteiger partial charge in [-0.25, -0.2) is 0 Å². The zero-order valence-corrected chi connectivity index (χ0v) is 20.1. The van der Waals surface area contributed by atoms with Crippen molar-refractivity contribution in [3.8, 4) is 5.75 Å². The molecule has 1 heterocycles. The van der Waals surface area contributed by atoms with Crippen molar-refractivity contribution < 1.29 is 24.6 Å². The van der Waals surface area contributed by atoms with E-state index in [0.717, 1.165) is 25.7 Å². The predicted octanol–water partition coefficient (Wildman–Crippen LogP) is 5.78. The molecule has 8 heteroatoms. The van der Waals surface area contributed by atoms with Gasteiger partial charge in [0.15, 0.2) is 0 Å². The molecule has 0 fully saturated rings. The van der Waals surface area contributed by atoms with Crippen LogP contribution in [0.15, 0.2) is 42.5 Å². The van der Waals surface area contributed by atoms with Gasteiger partial charge in [-0.2, -0.15) is 0 Å². The summed E-state index contributed by atoms with van der Waals surface area (Å²) in [5.74, 6) is -1.15. The smallest absolute Gasteiger partial charge is 0.303 e. The van der Waals surface area contributed by atoms with Crippen LogP contribution in [0, 0.1) is 6.92 Å². The molecule has 0 atom stereocenters. The lowest BCUT2D eigenvalue weighted by atomic mass is 10.1. The molecule has 0 radical (unpaired) electrons. The highest BCUT2D eigenvalue weighted by Crippen LogP contribution is 2.36.